The molecule has 86 valence electrons. The fourth-order valence-corrected chi connectivity index (χ4v) is 1.62. The normalized spacial score (nSPS) is 15.6. The van der Waals surface area contributed by atoms with Crippen LogP contribution in [0, 0.1) is 0 Å². The fraction of sp³-hybridized carbons (Fsp3) is 0.364. The minimum absolute atomic E-state index is 0.238. The molecule has 1 aliphatic rings. The van der Waals surface area contributed by atoms with Crippen LogP contribution in [0.5, 0.6) is 11.5 Å². The minimum atomic E-state index is -1.02. The summed E-state index contributed by atoms with van der Waals surface area (Å²) in [5, 5.41) is 8.75. The summed E-state index contributed by atoms with van der Waals surface area (Å²) in [6, 6.07) is 4.48. The number of nitrogens with two attached hydrogens (primary N) is 1. The van der Waals surface area contributed by atoms with Gasteiger partial charge >= 0.3 is 5.97 Å². The second-order valence-corrected chi connectivity index (χ2v) is 3.59. The van der Waals surface area contributed by atoms with Gasteiger partial charge in [-0.3, -0.25) is 4.79 Å². The first-order valence-corrected chi connectivity index (χ1v) is 5.04. The van der Waals surface area contributed by atoms with Crippen molar-refractivity contribution in [3.8, 4) is 11.5 Å². The maximum atomic E-state index is 10.7. The van der Waals surface area contributed by atoms with Crippen molar-refractivity contribution < 1.29 is 19.4 Å². The van der Waals surface area contributed by atoms with Crippen LogP contribution >= 0.6 is 0 Å². The topological polar surface area (TPSA) is 81.8 Å². The smallest absolute Gasteiger partial charge is 0.320 e. The lowest BCUT2D eigenvalue weighted by Crippen LogP contribution is -2.32. The van der Waals surface area contributed by atoms with Crippen molar-refractivity contribution in [2.45, 2.75) is 12.5 Å². The first kappa shape index (κ1) is 10.8. The molecule has 2 rings (SSSR count). The molecule has 5 nitrogen and oxygen atoms in total. The molecule has 0 spiro atoms. The molecule has 0 aromatic heterocycles. The van der Waals surface area contributed by atoms with E-state index in [-0.39, 0.29) is 6.42 Å². The maximum Gasteiger partial charge on any atom is 0.320 e. The van der Waals surface area contributed by atoms with Gasteiger partial charge in [0.2, 0.25) is 0 Å². The molecule has 1 aromatic carbocycles. The molecule has 5 heteroatoms. The molecular weight excluding hydrogens is 210 g/mol. The molecule has 1 aromatic rings. The quantitative estimate of drug-likeness (QED) is 0.775. The average molecular weight is 223 g/mol. The second kappa shape index (κ2) is 4.40. The Hall–Kier alpha value is -1.75. The fourth-order valence-electron chi connectivity index (χ4n) is 1.62. The monoisotopic (exact) mass is 223 g/mol. The lowest BCUT2D eigenvalue weighted by molar-refractivity contribution is -0.138. The third kappa shape index (κ3) is 2.09. The summed E-state index contributed by atoms with van der Waals surface area (Å²) in [6.45, 7) is 0.994. The van der Waals surface area contributed by atoms with Gasteiger partial charge in [0, 0.05) is 12.0 Å². The third-order valence-corrected chi connectivity index (χ3v) is 2.40. The first-order valence-electron chi connectivity index (χ1n) is 5.04. The number of fused-ring (bicyclic) bond motifs is 1. The van der Waals surface area contributed by atoms with Crippen molar-refractivity contribution in [1.29, 1.82) is 0 Å². The molecule has 0 saturated heterocycles. The second-order valence-electron chi connectivity index (χ2n) is 3.59. The molecule has 0 aliphatic carbocycles. The van der Waals surface area contributed by atoms with Gasteiger partial charge in [0.1, 0.15) is 19.3 Å². The highest BCUT2D eigenvalue weighted by atomic mass is 16.6. The Morgan fingerprint density at radius 3 is 2.94 bits per heavy atom. The molecule has 0 saturated carbocycles. The number of carbonyl (C=O) groups is 1. The molecule has 1 heterocycles. The summed E-state index contributed by atoms with van der Waals surface area (Å²) in [5.74, 6) is 0.251. The molecule has 3 N–H and O–H groups in total. The number of carboxylic acids is 1. The number of rotatable bonds is 3. The lowest BCUT2D eigenvalue weighted by atomic mass is 10.0. The van der Waals surface area contributed by atoms with E-state index in [4.69, 9.17) is 20.3 Å². The summed E-state index contributed by atoms with van der Waals surface area (Å²) in [5.41, 5.74) is 6.26. The summed E-state index contributed by atoms with van der Waals surface area (Å²) >= 11 is 0. The van der Waals surface area contributed by atoms with Crippen LogP contribution in [0.25, 0.3) is 0 Å². The van der Waals surface area contributed by atoms with Crippen molar-refractivity contribution in [3.63, 3.8) is 0 Å². The molecule has 0 amide bonds. The molecule has 1 atom stereocenters. The van der Waals surface area contributed by atoms with E-state index in [1.54, 1.807) is 18.2 Å². The van der Waals surface area contributed by atoms with E-state index in [1.165, 1.54) is 0 Å². The predicted octanol–water partition coefficient (Wildman–Crippen LogP) is 0.412. The van der Waals surface area contributed by atoms with Gasteiger partial charge in [-0.2, -0.15) is 0 Å². The summed E-state index contributed by atoms with van der Waals surface area (Å²) in [7, 11) is 0. The SMILES string of the molecule is NC(Cc1cccc2c1OCCO2)C(=O)O. The molecule has 0 bridgehead atoms. The average Bonchev–Trinajstić information content (AvgIpc) is 2.29. The largest absolute Gasteiger partial charge is 0.486 e. The van der Waals surface area contributed by atoms with Crippen LogP contribution in [0.15, 0.2) is 18.2 Å². The van der Waals surface area contributed by atoms with Crippen LogP contribution in [0.2, 0.25) is 0 Å². The number of hydrogen-bond donors (Lipinski definition) is 2. The van der Waals surface area contributed by atoms with Crippen molar-refractivity contribution >= 4 is 5.97 Å². The van der Waals surface area contributed by atoms with E-state index in [1.807, 2.05) is 0 Å². The van der Waals surface area contributed by atoms with E-state index in [2.05, 4.69) is 0 Å². The zero-order chi connectivity index (χ0) is 11.5. The van der Waals surface area contributed by atoms with Gasteiger partial charge in [0.05, 0.1) is 0 Å². The van der Waals surface area contributed by atoms with E-state index >= 15 is 0 Å². The van der Waals surface area contributed by atoms with E-state index < -0.39 is 12.0 Å². The highest BCUT2D eigenvalue weighted by Crippen LogP contribution is 2.34. The Balaban J connectivity index is 2.24. The number of aliphatic carboxylic acids is 1. The van der Waals surface area contributed by atoms with Crippen molar-refractivity contribution in [2.24, 2.45) is 5.73 Å². The number of para-hydroxylation sites is 1. The van der Waals surface area contributed by atoms with Gasteiger partial charge < -0.3 is 20.3 Å². The van der Waals surface area contributed by atoms with Crippen LogP contribution < -0.4 is 15.2 Å². The molecule has 1 aliphatic heterocycles. The Labute approximate surface area is 92.8 Å². The van der Waals surface area contributed by atoms with Gasteiger partial charge in [-0.1, -0.05) is 12.1 Å². The molecular formula is C11H13NO4. The van der Waals surface area contributed by atoms with Gasteiger partial charge in [-0.15, -0.1) is 0 Å². The Morgan fingerprint density at radius 1 is 1.44 bits per heavy atom. The van der Waals surface area contributed by atoms with Crippen molar-refractivity contribution in [2.75, 3.05) is 13.2 Å². The lowest BCUT2D eigenvalue weighted by Gasteiger charge is -2.21. The van der Waals surface area contributed by atoms with E-state index in [9.17, 15) is 4.79 Å². The van der Waals surface area contributed by atoms with E-state index in [0.29, 0.717) is 24.7 Å². The Bertz CT molecular complexity index is 405. The predicted molar refractivity (Wildman–Crippen MR) is 56.7 cm³/mol. The molecule has 16 heavy (non-hydrogen) atoms. The molecule has 0 radical (unpaired) electrons. The minimum Gasteiger partial charge on any atom is -0.486 e. The number of ether oxygens (including phenoxy) is 2. The Morgan fingerprint density at radius 2 is 2.19 bits per heavy atom. The van der Waals surface area contributed by atoms with E-state index in [0.717, 1.165) is 5.56 Å². The third-order valence-electron chi connectivity index (χ3n) is 2.40. The zero-order valence-electron chi connectivity index (χ0n) is 8.68. The molecule has 1 unspecified atom stereocenters. The van der Waals surface area contributed by atoms with Crippen LogP contribution in [-0.2, 0) is 11.2 Å². The van der Waals surface area contributed by atoms with Crippen molar-refractivity contribution in [3.05, 3.63) is 23.8 Å². The van der Waals surface area contributed by atoms with Crippen LogP contribution in [0.1, 0.15) is 5.56 Å². The number of benzene rings is 1. The highest BCUT2D eigenvalue weighted by molar-refractivity contribution is 5.73. The van der Waals surface area contributed by atoms with Crippen LogP contribution in [-0.4, -0.2) is 30.3 Å². The summed E-state index contributed by atoms with van der Waals surface area (Å²) < 4.78 is 10.9. The maximum absolute atomic E-state index is 10.7. The first-order chi connectivity index (χ1) is 7.68. The standard InChI is InChI=1S/C11H13NO4/c12-8(11(13)14)6-7-2-1-3-9-10(7)16-5-4-15-9/h1-3,8H,4-6,12H2,(H,13,14). The van der Waals surface area contributed by atoms with Crippen molar-refractivity contribution in [1.82, 2.24) is 0 Å². The molecule has 0 fully saturated rings. The van der Waals surface area contributed by atoms with Crippen LogP contribution in [0.3, 0.4) is 0 Å². The van der Waals surface area contributed by atoms with Gasteiger partial charge in [0.15, 0.2) is 11.5 Å². The zero-order valence-corrected chi connectivity index (χ0v) is 8.68. The highest BCUT2D eigenvalue weighted by Gasteiger charge is 2.19. The summed E-state index contributed by atoms with van der Waals surface area (Å²) in [4.78, 5) is 10.7. The number of carboxylic acid groups (broad SMARTS) is 1. The van der Waals surface area contributed by atoms with Crippen LogP contribution in [0.4, 0.5) is 0 Å². The number of hydrogen-bond acceptors (Lipinski definition) is 4. The summed E-state index contributed by atoms with van der Waals surface area (Å²) in [6.07, 6.45) is 0.238. The Kier molecular flexibility index (Phi) is 2.96. The van der Waals surface area contributed by atoms with Gasteiger partial charge in [0.25, 0.3) is 0 Å². The van der Waals surface area contributed by atoms with Gasteiger partial charge in [-0.25, -0.2) is 0 Å². The van der Waals surface area contributed by atoms with Gasteiger partial charge in [-0.05, 0) is 6.07 Å².